The first kappa shape index (κ1) is 23.2. The molecule has 5 nitrogen and oxygen atoms in total. The lowest BCUT2D eigenvalue weighted by atomic mass is 10.2. The quantitative estimate of drug-likeness (QED) is 0.353. The van der Waals surface area contributed by atoms with Gasteiger partial charge >= 0.3 is 0 Å². The van der Waals surface area contributed by atoms with Gasteiger partial charge < -0.3 is 18.9 Å². The van der Waals surface area contributed by atoms with Crippen LogP contribution in [-0.2, 0) is 34.0 Å². The minimum atomic E-state index is -0.242. The van der Waals surface area contributed by atoms with E-state index in [-0.39, 0.29) is 6.10 Å². The van der Waals surface area contributed by atoms with E-state index in [0.29, 0.717) is 44.1 Å². The molecule has 0 fully saturated rings. The summed E-state index contributed by atoms with van der Waals surface area (Å²) in [6, 6.07) is 22.0. The third-order valence-electron chi connectivity index (χ3n) is 4.69. The summed E-state index contributed by atoms with van der Waals surface area (Å²) in [5.41, 5.74) is 3.94. The molecule has 31 heavy (non-hydrogen) atoms. The zero-order valence-corrected chi connectivity index (χ0v) is 18.7. The van der Waals surface area contributed by atoms with Crippen molar-refractivity contribution < 1.29 is 18.9 Å². The van der Waals surface area contributed by atoms with E-state index in [1.54, 1.807) is 7.11 Å². The van der Waals surface area contributed by atoms with Gasteiger partial charge in [-0.2, -0.15) is 0 Å². The smallest absolute Gasteiger partial charge is 0.220 e. The van der Waals surface area contributed by atoms with Gasteiger partial charge in [-0.3, -0.25) is 0 Å². The normalized spacial score (nSPS) is 11.1. The van der Waals surface area contributed by atoms with Gasteiger partial charge in [0.15, 0.2) is 0 Å². The van der Waals surface area contributed by atoms with Crippen molar-refractivity contribution in [3.63, 3.8) is 0 Å². The number of halogens is 1. The maximum absolute atomic E-state index is 6.13. The average molecular weight is 442 g/mol. The van der Waals surface area contributed by atoms with Crippen LogP contribution in [0.3, 0.4) is 0 Å². The molecular weight excluding hydrogens is 414 g/mol. The van der Waals surface area contributed by atoms with E-state index in [9.17, 15) is 0 Å². The van der Waals surface area contributed by atoms with E-state index >= 15 is 0 Å². The molecule has 6 heteroatoms. The molecule has 0 saturated carbocycles. The summed E-state index contributed by atoms with van der Waals surface area (Å²) in [6.07, 6.45) is -0.242. The highest BCUT2D eigenvalue weighted by atomic mass is 35.5. The molecule has 0 spiro atoms. The number of aryl methyl sites for hydroxylation is 1. The third-order valence-corrected chi connectivity index (χ3v) is 5.07. The van der Waals surface area contributed by atoms with Crippen LogP contribution in [-0.4, -0.2) is 31.4 Å². The van der Waals surface area contributed by atoms with Gasteiger partial charge in [0, 0.05) is 5.56 Å². The summed E-state index contributed by atoms with van der Waals surface area (Å²) < 4.78 is 23.3. The summed E-state index contributed by atoms with van der Waals surface area (Å²) in [5, 5.41) is 0.425. The van der Waals surface area contributed by atoms with E-state index < -0.39 is 0 Å². The Morgan fingerprint density at radius 1 is 0.839 bits per heavy atom. The topological polar surface area (TPSA) is 49.8 Å². The maximum atomic E-state index is 6.13. The molecule has 0 bridgehead atoms. The van der Waals surface area contributed by atoms with E-state index in [1.807, 2.05) is 73.7 Å². The number of aromatic nitrogens is 1. The van der Waals surface area contributed by atoms with Crippen LogP contribution in [0.25, 0.3) is 0 Å². The second-order valence-electron chi connectivity index (χ2n) is 7.20. The van der Waals surface area contributed by atoms with Crippen molar-refractivity contribution in [2.75, 3.05) is 20.3 Å². The van der Waals surface area contributed by atoms with Gasteiger partial charge in [0.05, 0.1) is 40.1 Å². The van der Waals surface area contributed by atoms with Crippen LogP contribution in [0.1, 0.15) is 22.3 Å². The number of nitrogens with zero attached hydrogens (tertiary/aromatic N) is 1. The Labute approximate surface area is 188 Å². The second kappa shape index (κ2) is 12.4. The van der Waals surface area contributed by atoms with Gasteiger partial charge in [-0.15, -0.1) is 0 Å². The highest BCUT2D eigenvalue weighted by Gasteiger charge is 2.15. The number of ether oxygens (including phenoxy) is 4. The molecule has 164 valence electrons. The molecule has 2 aromatic carbocycles. The number of rotatable bonds is 12. The lowest BCUT2D eigenvalue weighted by Gasteiger charge is -2.19. The first-order valence-electron chi connectivity index (χ1n) is 10.2. The predicted octanol–water partition coefficient (Wildman–Crippen LogP) is 5.37. The zero-order valence-electron chi connectivity index (χ0n) is 17.9. The Balaban J connectivity index is 1.58. The van der Waals surface area contributed by atoms with Crippen LogP contribution in [0.2, 0.25) is 5.15 Å². The fraction of sp³-hybridized carbons (Fsp3) is 0.320. The van der Waals surface area contributed by atoms with Crippen LogP contribution < -0.4 is 4.74 Å². The van der Waals surface area contributed by atoms with Crippen LogP contribution in [0.5, 0.6) is 5.88 Å². The molecule has 0 amide bonds. The Morgan fingerprint density at radius 2 is 1.39 bits per heavy atom. The van der Waals surface area contributed by atoms with E-state index in [2.05, 4.69) is 4.98 Å². The molecule has 0 N–H and O–H groups in total. The molecular formula is C25H28ClNO4. The van der Waals surface area contributed by atoms with Crippen molar-refractivity contribution in [2.24, 2.45) is 0 Å². The zero-order chi connectivity index (χ0) is 21.9. The summed E-state index contributed by atoms with van der Waals surface area (Å²) >= 11 is 6.11. The van der Waals surface area contributed by atoms with Crippen molar-refractivity contribution in [3.8, 4) is 5.88 Å². The third kappa shape index (κ3) is 7.64. The van der Waals surface area contributed by atoms with Crippen LogP contribution in [0.15, 0.2) is 66.7 Å². The molecule has 3 rings (SSSR count). The summed E-state index contributed by atoms with van der Waals surface area (Å²) in [5.74, 6) is 0.463. The lowest BCUT2D eigenvalue weighted by Crippen LogP contribution is -2.26. The van der Waals surface area contributed by atoms with Crippen LogP contribution >= 0.6 is 11.6 Å². The number of hydrogen-bond acceptors (Lipinski definition) is 5. The Bertz CT molecular complexity index is 876. The van der Waals surface area contributed by atoms with E-state index in [4.69, 9.17) is 30.5 Å². The summed E-state index contributed by atoms with van der Waals surface area (Å²) in [6.45, 7) is 4.08. The highest BCUT2D eigenvalue weighted by molar-refractivity contribution is 6.30. The van der Waals surface area contributed by atoms with Crippen molar-refractivity contribution in [1.29, 1.82) is 0 Å². The molecule has 0 unspecified atom stereocenters. The average Bonchev–Trinajstić information content (AvgIpc) is 2.80. The van der Waals surface area contributed by atoms with Crippen molar-refractivity contribution in [1.82, 2.24) is 4.98 Å². The molecule has 0 aliphatic heterocycles. The second-order valence-corrected chi connectivity index (χ2v) is 7.56. The van der Waals surface area contributed by atoms with Gasteiger partial charge in [0.2, 0.25) is 5.88 Å². The molecule has 3 aromatic rings. The summed E-state index contributed by atoms with van der Waals surface area (Å²) in [7, 11) is 1.57. The van der Waals surface area contributed by atoms with Crippen molar-refractivity contribution in [2.45, 2.75) is 32.8 Å². The minimum absolute atomic E-state index is 0.242. The highest BCUT2D eigenvalue weighted by Crippen LogP contribution is 2.23. The molecule has 0 radical (unpaired) electrons. The van der Waals surface area contributed by atoms with E-state index in [1.165, 1.54) is 0 Å². The minimum Gasteiger partial charge on any atom is -0.481 e. The molecule has 0 aliphatic carbocycles. The molecule has 1 heterocycles. The van der Waals surface area contributed by atoms with Crippen molar-refractivity contribution >= 4 is 11.6 Å². The van der Waals surface area contributed by atoms with Crippen LogP contribution in [0.4, 0.5) is 0 Å². The number of methoxy groups -OCH3 is 1. The van der Waals surface area contributed by atoms with Gasteiger partial charge in [-0.1, -0.05) is 72.3 Å². The largest absolute Gasteiger partial charge is 0.481 e. The SMILES string of the molecule is COc1nc(Cl)c(C)cc1COC(COCc1ccccc1)COCc1ccccc1. The van der Waals surface area contributed by atoms with Gasteiger partial charge in [-0.25, -0.2) is 4.98 Å². The number of benzene rings is 2. The first-order chi connectivity index (χ1) is 15.2. The molecule has 0 saturated heterocycles. The van der Waals surface area contributed by atoms with Gasteiger partial charge in [-0.05, 0) is 29.7 Å². The molecule has 0 atom stereocenters. The number of pyridine rings is 1. The Morgan fingerprint density at radius 3 is 1.90 bits per heavy atom. The Kier molecular flexibility index (Phi) is 9.31. The Hall–Kier alpha value is -2.44. The predicted molar refractivity (Wildman–Crippen MR) is 121 cm³/mol. The monoisotopic (exact) mass is 441 g/mol. The fourth-order valence-corrected chi connectivity index (χ4v) is 3.16. The number of hydrogen-bond donors (Lipinski definition) is 0. The van der Waals surface area contributed by atoms with Crippen molar-refractivity contribution in [3.05, 3.63) is 94.1 Å². The lowest BCUT2D eigenvalue weighted by molar-refractivity contribution is -0.0733. The standard InChI is InChI=1S/C25H28ClNO4/c1-19-13-22(25(28-2)27-24(19)26)16-31-23(17-29-14-20-9-5-3-6-10-20)18-30-15-21-11-7-4-8-12-21/h3-13,23H,14-18H2,1-2H3. The van der Waals surface area contributed by atoms with Gasteiger partial charge in [0.1, 0.15) is 11.3 Å². The molecule has 1 aromatic heterocycles. The maximum Gasteiger partial charge on any atom is 0.220 e. The van der Waals surface area contributed by atoms with Crippen LogP contribution in [0, 0.1) is 6.92 Å². The van der Waals surface area contributed by atoms with E-state index in [0.717, 1.165) is 22.3 Å². The molecule has 0 aliphatic rings. The summed E-state index contributed by atoms with van der Waals surface area (Å²) in [4.78, 5) is 4.27. The van der Waals surface area contributed by atoms with Gasteiger partial charge in [0.25, 0.3) is 0 Å². The fourth-order valence-electron chi connectivity index (χ4n) is 3.03. The first-order valence-corrected chi connectivity index (χ1v) is 10.6.